The second kappa shape index (κ2) is 6.31. The maximum atomic E-state index is 5.45. The van der Waals surface area contributed by atoms with E-state index < -0.39 is 0 Å². The van der Waals surface area contributed by atoms with E-state index in [9.17, 15) is 0 Å². The first kappa shape index (κ1) is 12.8. The van der Waals surface area contributed by atoms with Gasteiger partial charge in [-0.25, -0.2) is 0 Å². The molecule has 0 aromatic rings. The van der Waals surface area contributed by atoms with Crippen molar-refractivity contribution in [1.29, 1.82) is 0 Å². The summed E-state index contributed by atoms with van der Waals surface area (Å²) < 4.78 is 0. The normalized spacial score (nSPS) is 28.9. The average molecular weight is 273 g/mol. The summed E-state index contributed by atoms with van der Waals surface area (Å²) in [4.78, 5) is 0.696. The highest BCUT2D eigenvalue weighted by Crippen LogP contribution is 2.29. The number of hydrogen-bond donors (Lipinski definition) is 1. The molecule has 1 rings (SSSR count). The van der Waals surface area contributed by atoms with Crippen LogP contribution >= 0.6 is 15.9 Å². The summed E-state index contributed by atoms with van der Waals surface area (Å²) in [7, 11) is 0. The predicted octanol–water partition coefficient (Wildman–Crippen LogP) is 3.47. The Hall–Kier alpha value is -0.310. The fourth-order valence-electron chi connectivity index (χ4n) is 1.92. The van der Waals surface area contributed by atoms with Crippen LogP contribution in [0.4, 0.5) is 0 Å². The first-order valence-corrected chi connectivity index (χ1v) is 6.65. The highest BCUT2D eigenvalue weighted by atomic mass is 79.9. The number of rotatable bonds is 3. The van der Waals surface area contributed by atoms with Crippen LogP contribution in [-0.4, -0.2) is 10.5 Å². The van der Waals surface area contributed by atoms with E-state index >= 15 is 0 Å². The summed E-state index contributed by atoms with van der Waals surface area (Å²) in [6, 6.07) is 0. The fourth-order valence-corrected chi connectivity index (χ4v) is 2.45. The Kier molecular flexibility index (Phi) is 5.37. The Morgan fingerprint density at radius 3 is 2.40 bits per heavy atom. The standard InChI is InChI=1S/C12H21BrN2/c1-9(2)3-8-12(15-14)10-4-6-11(13)7-5-10/h3,8-11H,4-7,14H2,1-2H3/b8-3-,15-12+. The molecule has 0 bridgehead atoms. The second-order valence-corrected chi connectivity index (χ2v) is 5.90. The van der Waals surface area contributed by atoms with Crippen molar-refractivity contribution >= 4 is 21.6 Å². The zero-order chi connectivity index (χ0) is 11.3. The van der Waals surface area contributed by atoms with Gasteiger partial charge in [0.15, 0.2) is 0 Å². The van der Waals surface area contributed by atoms with E-state index in [0.29, 0.717) is 16.7 Å². The van der Waals surface area contributed by atoms with E-state index in [4.69, 9.17) is 5.84 Å². The molecule has 0 aromatic heterocycles. The molecule has 0 amide bonds. The number of nitrogens with two attached hydrogens (primary N) is 1. The van der Waals surface area contributed by atoms with E-state index in [-0.39, 0.29) is 0 Å². The van der Waals surface area contributed by atoms with Gasteiger partial charge in [0.25, 0.3) is 0 Å². The zero-order valence-corrected chi connectivity index (χ0v) is 11.2. The molecule has 15 heavy (non-hydrogen) atoms. The lowest BCUT2D eigenvalue weighted by molar-refractivity contribution is 0.453. The van der Waals surface area contributed by atoms with Crippen LogP contribution in [0.1, 0.15) is 39.5 Å². The molecule has 0 radical (unpaired) electrons. The van der Waals surface area contributed by atoms with Gasteiger partial charge in [-0.2, -0.15) is 5.10 Å². The number of hydrazone groups is 1. The summed E-state index contributed by atoms with van der Waals surface area (Å²) in [5.74, 6) is 6.58. The third-order valence-electron chi connectivity index (χ3n) is 2.88. The number of alkyl halides is 1. The van der Waals surface area contributed by atoms with Crippen LogP contribution in [0.15, 0.2) is 17.3 Å². The number of hydrogen-bond acceptors (Lipinski definition) is 2. The molecule has 3 heteroatoms. The summed E-state index contributed by atoms with van der Waals surface area (Å²) in [6.45, 7) is 4.33. The monoisotopic (exact) mass is 272 g/mol. The van der Waals surface area contributed by atoms with Crippen LogP contribution in [-0.2, 0) is 0 Å². The molecule has 2 nitrogen and oxygen atoms in total. The smallest absolute Gasteiger partial charge is 0.0628 e. The molecule has 1 aliphatic carbocycles. The van der Waals surface area contributed by atoms with Crippen molar-refractivity contribution < 1.29 is 0 Å². The lowest BCUT2D eigenvalue weighted by atomic mass is 9.85. The summed E-state index contributed by atoms with van der Waals surface area (Å²) >= 11 is 3.66. The summed E-state index contributed by atoms with van der Waals surface area (Å²) in [6.07, 6.45) is 9.15. The number of nitrogens with zero attached hydrogens (tertiary/aromatic N) is 1. The van der Waals surface area contributed by atoms with Gasteiger partial charge < -0.3 is 5.84 Å². The molecule has 0 atom stereocenters. The molecular weight excluding hydrogens is 252 g/mol. The molecule has 0 unspecified atom stereocenters. The van der Waals surface area contributed by atoms with E-state index in [1.165, 1.54) is 25.7 Å². The molecule has 0 saturated heterocycles. The maximum Gasteiger partial charge on any atom is 0.0628 e. The minimum Gasteiger partial charge on any atom is -0.323 e. The Morgan fingerprint density at radius 1 is 1.33 bits per heavy atom. The van der Waals surface area contributed by atoms with E-state index in [0.717, 1.165) is 5.71 Å². The molecule has 0 aliphatic heterocycles. The zero-order valence-electron chi connectivity index (χ0n) is 9.62. The average Bonchev–Trinajstić information content (AvgIpc) is 2.21. The number of halogens is 1. The Labute approximate surface area is 101 Å². The predicted molar refractivity (Wildman–Crippen MR) is 70.3 cm³/mol. The van der Waals surface area contributed by atoms with Crippen molar-refractivity contribution in [2.75, 3.05) is 0 Å². The van der Waals surface area contributed by atoms with Gasteiger partial charge in [-0.3, -0.25) is 0 Å². The molecular formula is C12H21BrN2. The molecule has 86 valence electrons. The lowest BCUT2D eigenvalue weighted by Gasteiger charge is -2.24. The largest absolute Gasteiger partial charge is 0.323 e. The minimum atomic E-state index is 0.564. The molecule has 0 heterocycles. The van der Waals surface area contributed by atoms with Gasteiger partial charge in [0.05, 0.1) is 5.71 Å². The quantitative estimate of drug-likeness (QED) is 0.363. The van der Waals surface area contributed by atoms with Gasteiger partial charge in [0.1, 0.15) is 0 Å². The molecule has 2 N–H and O–H groups in total. The van der Waals surface area contributed by atoms with Crippen LogP contribution in [0.5, 0.6) is 0 Å². The van der Waals surface area contributed by atoms with Crippen LogP contribution in [0.3, 0.4) is 0 Å². The summed E-state index contributed by atoms with van der Waals surface area (Å²) in [5.41, 5.74) is 1.07. The summed E-state index contributed by atoms with van der Waals surface area (Å²) in [5, 5.41) is 3.92. The van der Waals surface area contributed by atoms with Gasteiger partial charge in [0.2, 0.25) is 0 Å². The molecule has 1 aliphatic rings. The molecule has 1 saturated carbocycles. The lowest BCUT2D eigenvalue weighted by Crippen LogP contribution is -2.21. The van der Waals surface area contributed by atoms with Crippen molar-refractivity contribution in [2.45, 2.75) is 44.4 Å². The van der Waals surface area contributed by atoms with Crippen LogP contribution < -0.4 is 5.84 Å². The second-order valence-electron chi connectivity index (χ2n) is 4.61. The fraction of sp³-hybridized carbons (Fsp3) is 0.750. The minimum absolute atomic E-state index is 0.564. The van der Waals surface area contributed by atoms with Gasteiger partial charge in [0, 0.05) is 10.7 Å². The van der Waals surface area contributed by atoms with E-state index in [1.807, 2.05) is 0 Å². The van der Waals surface area contributed by atoms with Crippen molar-refractivity contribution in [1.82, 2.24) is 0 Å². The first-order chi connectivity index (χ1) is 7.13. The van der Waals surface area contributed by atoms with Gasteiger partial charge >= 0.3 is 0 Å². The maximum absolute atomic E-state index is 5.45. The highest BCUT2D eigenvalue weighted by molar-refractivity contribution is 9.09. The molecule has 0 aromatic carbocycles. The van der Waals surface area contributed by atoms with Crippen LogP contribution in [0, 0.1) is 11.8 Å². The Bertz CT molecular complexity index is 238. The van der Waals surface area contributed by atoms with Gasteiger partial charge in [-0.1, -0.05) is 35.9 Å². The van der Waals surface area contributed by atoms with Crippen molar-refractivity contribution in [3.05, 3.63) is 12.2 Å². The van der Waals surface area contributed by atoms with Crippen molar-refractivity contribution in [2.24, 2.45) is 22.8 Å². The third kappa shape index (κ3) is 4.37. The first-order valence-electron chi connectivity index (χ1n) is 5.73. The molecule has 0 spiro atoms. The topological polar surface area (TPSA) is 38.4 Å². The van der Waals surface area contributed by atoms with Gasteiger partial charge in [-0.15, -0.1) is 0 Å². The van der Waals surface area contributed by atoms with E-state index in [2.05, 4.69) is 47.0 Å². The Balaban J connectivity index is 2.53. The van der Waals surface area contributed by atoms with Crippen molar-refractivity contribution in [3.8, 4) is 0 Å². The highest BCUT2D eigenvalue weighted by Gasteiger charge is 2.22. The SMILES string of the molecule is CC(C)/C=C\C(=N/N)C1CCC(Br)CC1. The van der Waals surface area contributed by atoms with Gasteiger partial charge in [-0.05, 0) is 37.7 Å². The molecule has 1 fully saturated rings. The van der Waals surface area contributed by atoms with Crippen LogP contribution in [0.2, 0.25) is 0 Å². The van der Waals surface area contributed by atoms with E-state index in [1.54, 1.807) is 0 Å². The van der Waals surface area contributed by atoms with Crippen molar-refractivity contribution in [3.63, 3.8) is 0 Å². The van der Waals surface area contributed by atoms with Crippen LogP contribution in [0.25, 0.3) is 0 Å². The number of allylic oxidation sites excluding steroid dienone is 2. The Morgan fingerprint density at radius 2 is 1.93 bits per heavy atom. The third-order valence-corrected chi connectivity index (χ3v) is 3.79.